The van der Waals surface area contributed by atoms with Crippen molar-refractivity contribution in [1.82, 2.24) is 10.6 Å². The zero-order valence-electron chi connectivity index (χ0n) is 23.4. The molecule has 0 fully saturated rings. The van der Waals surface area contributed by atoms with E-state index in [1.165, 1.54) is 0 Å². The van der Waals surface area contributed by atoms with E-state index in [1.54, 1.807) is 0 Å². The number of fused-ring (bicyclic) bond motifs is 2. The minimum atomic E-state index is -0.443. The molecule has 0 aromatic heterocycles. The van der Waals surface area contributed by atoms with Crippen LogP contribution in [-0.4, -0.2) is 37.0 Å². The number of nitrogens with one attached hydrogen (secondary N) is 2. The highest BCUT2D eigenvalue weighted by Gasteiger charge is 2.34. The highest BCUT2D eigenvalue weighted by atomic mass is 16.5. The number of benzene rings is 2. The number of guanidine groups is 1. The Morgan fingerprint density at radius 3 is 2.85 bits per heavy atom. The van der Waals surface area contributed by atoms with Crippen molar-refractivity contribution in [2.45, 2.75) is 77.5 Å². The fourth-order valence-corrected chi connectivity index (χ4v) is 5.20. The Morgan fingerprint density at radius 1 is 1.23 bits per heavy atom. The van der Waals surface area contributed by atoms with Gasteiger partial charge in [-0.15, -0.1) is 0 Å². The molecule has 208 valence electrons. The number of hydrogen-bond donors (Lipinski definition) is 3. The van der Waals surface area contributed by atoms with Crippen molar-refractivity contribution in [3.63, 3.8) is 0 Å². The van der Waals surface area contributed by atoms with E-state index in [9.17, 15) is 9.59 Å². The van der Waals surface area contributed by atoms with Gasteiger partial charge >= 0.3 is 0 Å². The summed E-state index contributed by atoms with van der Waals surface area (Å²) < 4.78 is 11.8. The van der Waals surface area contributed by atoms with Gasteiger partial charge in [0.2, 0.25) is 5.91 Å². The lowest BCUT2D eigenvalue weighted by atomic mass is 9.85. The highest BCUT2D eigenvalue weighted by molar-refractivity contribution is 5.98. The summed E-state index contributed by atoms with van der Waals surface area (Å²) in [7, 11) is 0. The first-order valence-electron chi connectivity index (χ1n) is 13.9. The summed E-state index contributed by atoms with van der Waals surface area (Å²) >= 11 is 0. The van der Waals surface area contributed by atoms with Crippen molar-refractivity contribution in [1.29, 1.82) is 0 Å². The van der Waals surface area contributed by atoms with Crippen molar-refractivity contribution < 1.29 is 19.1 Å². The second-order valence-corrected chi connectivity index (χ2v) is 10.4. The second kappa shape index (κ2) is 12.5. The molecule has 3 aliphatic heterocycles. The van der Waals surface area contributed by atoms with Gasteiger partial charge in [0.05, 0.1) is 30.9 Å². The number of allylic oxidation sites excluding steroid dienone is 1. The normalized spacial score (nSPS) is 21.3. The smallest absolute Gasteiger partial charge is 0.251 e. The van der Waals surface area contributed by atoms with Gasteiger partial charge < -0.3 is 20.5 Å². The predicted molar refractivity (Wildman–Crippen MR) is 154 cm³/mol. The van der Waals surface area contributed by atoms with E-state index in [0.717, 1.165) is 60.3 Å². The Labute approximate surface area is 231 Å². The van der Waals surface area contributed by atoms with Gasteiger partial charge in [-0.25, -0.2) is 4.99 Å². The molecule has 2 amide bonds. The molecular formula is C31H40N4O4. The molecule has 0 radical (unpaired) electrons. The first-order valence-corrected chi connectivity index (χ1v) is 13.9. The second-order valence-electron chi connectivity index (χ2n) is 10.4. The van der Waals surface area contributed by atoms with Crippen LogP contribution >= 0.6 is 0 Å². The lowest BCUT2D eigenvalue weighted by Gasteiger charge is -2.37. The number of ether oxygens (including phenoxy) is 2. The molecule has 8 nitrogen and oxygen atoms in total. The zero-order chi connectivity index (χ0) is 28.0. The SMILES string of the molecule is CC.CC1(C)OCC(NC(=O)c2ccc3c(c2)CCCO3)c2cc(/C=C/CCC3CC(=O)NC(N)=N3)ccc21. The maximum atomic E-state index is 13.2. The van der Waals surface area contributed by atoms with E-state index in [-0.39, 0.29) is 29.9 Å². The van der Waals surface area contributed by atoms with Gasteiger partial charge in [-0.1, -0.05) is 38.1 Å². The minimum Gasteiger partial charge on any atom is -0.493 e. The topological polar surface area (TPSA) is 115 Å². The van der Waals surface area contributed by atoms with Crippen molar-refractivity contribution in [2.75, 3.05) is 13.2 Å². The van der Waals surface area contributed by atoms with E-state index in [1.807, 2.05) is 32.0 Å². The van der Waals surface area contributed by atoms with Crippen LogP contribution in [0.3, 0.4) is 0 Å². The lowest BCUT2D eigenvalue weighted by molar-refractivity contribution is -0.120. The molecule has 0 saturated heterocycles. The molecule has 2 aromatic carbocycles. The molecule has 3 aliphatic rings. The predicted octanol–water partition coefficient (Wildman–Crippen LogP) is 4.77. The van der Waals surface area contributed by atoms with Crippen LogP contribution in [0.2, 0.25) is 0 Å². The first kappa shape index (κ1) is 28.4. The average Bonchev–Trinajstić information content (AvgIpc) is 2.93. The quantitative estimate of drug-likeness (QED) is 0.496. The number of aliphatic imine (C=N–C) groups is 1. The Balaban J connectivity index is 0.00000172. The Bertz CT molecular complexity index is 1270. The Kier molecular flexibility index (Phi) is 9.07. The number of hydrogen-bond acceptors (Lipinski definition) is 6. The monoisotopic (exact) mass is 532 g/mol. The van der Waals surface area contributed by atoms with Crippen molar-refractivity contribution in [3.8, 4) is 5.75 Å². The molecule has 3 heterocycles. The van der Waals surface area contributed by atoms with Gasteiger partial charge in [0.15, 0.2) is 5.96 Å². The summed E-state index contributed by atoms with van der Waals surface area (Å²) in [5, 5.41) is 5.72. The van der Waals surface area contributed by atoms with Crippen LogP contribution in [0.4, 0.5) is 0 Å². The van der Waals surface area contributed by atoms with Gasteiger partial charge in [-0.05, 0) is 86.1 Å². The van der Waals surface area contributed by atoms with Crippen molar-refractivity contribution in [2.24, 2.45) is 10.7 Å². The van der Waals surface area contributed by atoms with Gasteiger partial charge in [0.25, 0.3) is 5.91 Å². The molecule has 5 rings (SSSR count). The molecule has 0 aliphatic carbocycles. The van der Waals surface area contributed by atoms with Gasteiger partial charge in [-0.3, -0.25) is 14.9 Å². The van der Waals surface area contributed by atoms with Crippen LogP contribution in [0.5, 0.6) is 5.75 Å². The molecule has 0 bridgehead atoms. The molecule has 2 unspecified atom stereocenters. The van der Waals surface area contributed by atoms with Crippen molar-refractivity contribution in [3.05, 3.63) is 70.3 Å². The third-order valence-electron chi connectivity index (χ3n) is 7.17. The fourth-order valence-electron chi connectivity index (χ4n) is 5.20. The van der Waals surface area contributed by atoms with E-state index in [4.69, 9.17) is 15.2 Å². The molecule has 8 heteroatoms. The maximum absolute atomic E-state index is 13.2. The Hall–Kier alpha value is -3.65. The van der Waals surface area contributed by atoms with Crippen molar-refractivity contribution >= 4 is 23.8 Å². The van der Waals surface area contributed by atoms with Crippen LogP contribution in [0.25, 0.3) is 6.08 Å². The van der Waals surface area contributed by atoms with Crippen LogP contribution in [0, 0.1) is 0 Å². The molecule has 39 heavy (non-hydrogen) atoms. The molecule has 0 saturated carbocycles. The summed E-state index contributed by atoms with van der Waals surface area (Å²) in [5.41, 5.74) is 10.1. The average molecular weight is 533 g/mol. The maximum Gasteiger partial charge on any atom is 0.251 e. The zero-order valence-corrected chi connectivity index (χ0v) is 23.4. The number of carbonyl (C=O) groups is 2. The number of nitrogens with two attached hydrogens (primary N) is 1. The molecule has 0 spiro atoms. The highest BCUT2D eigenvalue weighted by Crippen LogP contribution is 2.38. The minimum absolute atomic E-state index is 0.0854. The van der Waals surface area contributed by atoms with Crippen LogP contribution in [-0.2, 0) is 21.6 Å². The largest absolute Gasteiger partial charge is 0.493 e. The van der Waals surface area contributed by atoms with Crippen LogP contribution < -0.4 is 21.1 Å². The van der Waals surface area contributed by atoms with Gasteiger partial charge in [0, 0.05) is 12.0 Å². The number of rotatable bonds is 6. The number of aryl methyl sites for hydroxylation is 1. The number of carbonyl (C=O) groups excluding carboxylic acids is 2. The number of amides is 2. The molecule has 4 N–H and O–H groups in total. The summed E-state index contributed by atoms with van der Waals surface area (Å²) in [6.07, 6.45) is 7.94. The third kappa shape index (κ3) is 6.87. The van der Waals surface area contributed by atoms with E-state index >= 15 is 0 Å². The van der Waals surface area contributed by atoms with Crippen LogP contribution in [0.1, 0.15) is 92.0 Å². The number of nitrogens with zero attached hydrogens (tertiary/aromatic N) is 1. The van der Waals surface area contributed by atoms with E-state index < -0.39 is 5.60 Å². The molecule has 2 aromatic rings. The lowest BCUT2D eigenvalue weighted by Crippen LogP contribution is -2.43. The third-order valence-corrected chi connectivity index (χ3v) is 7.17. The molecule has 2 atom stereocenters. The van der Waals surface area contributed by atoms with Gasteiger partial charge in [-0.2, -0.15) is 0 Å². The summed E-state index contributed by atoms with van der Waals surface area (Å²) in [6, 6.07) is 11.6. The summed E-state index contributed by atoms with van der Waals surface area (Å²) in [5.74, 6) is 0.860. The molecular weight excluding hydrogens is 492 g/mol. The summed E-state index contributed by atoms with van der Waals surface area (Å²) in [6.45, 7) is 9.22. The Morgan fingerprint density at radius 2 is 2.05 bits per heavy atom. The van der Waals surface area contributed by atoms with E-state index in [0.29, 0.717) is 18.6 Å². The van der Waals surface area contributed by atoms with Gasteiger partial charge in [0.1, 0.15) is 5.75 Å². The fraction of sp³-hybridized carbons (Fsp3) is 0.452. The standard InChI is InChI=1S/C29H34N4O4.C2H6/c1-29(2)23-11-9-18(6-3-4-8-21-16-26(34)33-28(30)31-21)14-22(23)24(17-37-29)32-27(35)20-10-12-25-19(15-20)7-5-13-36-25;1-2/h3,6,9-12,14-15,21,24H,4-5,7-8,13,16-17H2,1-2H3,(H,32,35)(H3,30,31,33,34);1-2H3/b6-3+;. The van der Waals surface area contributed by atoms with E-state index in [2.05, 4.69) is 59.8 Å². The summed E-state index contributed by atoms with van der Waals surface area (Å²) in [4.78, 5) is 29.1. The first-order chi connectivity index (χ1) is 18.8. The van der Waals surface area contributed by atoms with Crippen LogP contribution in [0.15, 0.2) is 47.5 Å².